The molecule has 0 aliphatic rings. The van der Waals surface area contributed by atoms with E-state index in [2.05, 4.69) is 21.2 Å². The number of nitrogens with one attached hydrogen (secondary N) is 1. The molecule has 0 spiro atoms. The second-order valence-corrected chi connectivity index (χ2v) is 11.4. The van der Waals surface area contributed by atoms with E-state index in [-0.39, 0.29) is 4.21 Å². The second kappa shape index (κ2) is 9.74. The van der Waals surface area contributed by atoms with Gasteiger partial charge in [0, 0.05) is 24.9 Å². The van der Waals surface area contributed by atoms with E-state index in [1.807, 2.05) is 24.3 Å². The molecular formula is C22H26ClN5O2S2. The zero-order valence-corrected chi connectivity index (χ0v) is 20.2. The number of benzene rings is 1. The van der Waals surface area contributed by atoms with Crippen LogP contribution in [0.15, 0.2) is 40.6 Å². The van der Waals surface area contributed by atoms with Crippen LogP contribution in [0.4, 0.5) is 5.82 Å². The highest BCUT2D eigenvalue weighted by atomic mass is 35.5. The summed E-state index contributed by atoms with van der Waals surface area (Å²) in [5, 5.41) is 1.03. The number of sulfonamides is 1. The fraction of sp³-hybridized carbons (Fsp3) is 0.364. The summed E-state index contributed by atoms with van der Waals surface area (Å²) in [6.07, 6.45) is 4.48. The number of hydrogen-bond donors (Lipinski definition) is 2. The number of rotatable bonds is 10. The lowest BCUT2D eigenvalue weighted by molar-refractivity contribution is 0.563. The molecule has 7 nitrogen and oxygen atoms in total. The van der Waals surface area contributed by atoms with E-state index >= 15 is 0 Å². The van der Waals surface area contributed by atoms with E-state index in [9.17, 15) is 8.42 Å². The number of pyridine rings is 1. The van der Waals surface area contributed by atoms with Crippen molar-refractivity contribution in [3.8, 4) is 0 Å². The summed E-state index contributed by atoms with van der Waals surface area (Å²) in [5.41, 5.74) is 8.84. The highest BCUT2D eigenvalue weighted by Crippen LogP contribution is 2.30. The Labute approximate surface area is 196 Å². The highest BCUT2D eigenvalue weighted by molar-refractivity contribution is 7.91. The second-order valence-electron chi connectivity index (χ2n) is 7.66. The molecule has 170 valence electrons. The Kier molecular flexibility index (Phi) is 6.99. The summed E-state index contributed by atoms with van der Waals surface area (Å²) in [4.78, 5) is 9.36. The van der Waals surface area contributed by atoms with Gasteiger partial charge in [-0.1, -0.05) is 43.1 Å². The number of halogens is 1. The third kappa shape index (κ3) is 4.76. The van der Waals surface area contributed by atoms with Gasteiger partial charge in [0.05, 0.1) is 15.4 Å². The van der Waals surface area contributed by atoms with Gasteiger partial charge in [-0.2, -0.15) is 0 Å². The van der Waals surface area contributed by atoms with Crippen LogP contribution in [0, 0.1) is 0 Å². The van der Waals surface area contributed by atoms with E-state index in [1.54, 1.807) is 6.07 Å². The van der Waals surface area contributed by atoms with E-state index in [1.165, 1.54) is 6.07 Å². The minimum Gasteiger partial charge on any atom is -0.382 e. The van der Waals surface area contributed by atoms with E-state index in [0.29, 0.717) is 23.1 Å². The van der Waals surface area contributed by atoms with Gasteiger partial charge in [0.15, 0.2) is 5.82 Å². The van der Waals surface area contributed by atoms with Crippen LogP contribution in [-0.4, -0.2) is 29.5 Å². The zero-order valence-electron chi connectivity index (χ0n) is 17.8. The molecule has 1 aromatic carbocycles. The van der Waals surface area contributed by atoms with Crippen LogP contribution in [0.3, 0.4) is 0 Å². The van der Waals surface area contributed by atoms with Crippen molar-refractivity contribution >= 4 is 60.7 Å². The molecule has 0 radical (unpaired) electrons. The molecule has 4 rings (SSSR count). The Balaban J connectivity index is 1.52. The molecule has 0 amide bonds. The van der Waals surface area contributed by atoms with Gasteiger partial charge in [0.25, 0.3) is 0 Å². The van der Waals surface area contributed by atoms with Crippen molar-refractivity contribution in [2.75, 3.05) is 12.3 Å². The molecule has 32 heavy (non-hydrogen) atoms. The smallest absolute Gasteiger partial charge is 0.250 e. The molecule has 0 fully saturated rings. The summed E-state index contributed by atoms with van der Waals surface area (Å²) in [5.74, 6) is 1.44. The Hall–Kier alpha value is -2.20. The van der Waals surface area contributed by atoms with Gasteiger partial charge in [-0.25, -0.2) is 23.1 Å². The summed E-state index contributed by atoms with van der Waals surface area (Å²) < 4.78 is 30.3. The van der Waals surface area contributed by atoms with Crippen LogP contribution in [0.25, 0.3) is 21.9 Å². The first-order chi connectivity index (χ1) is 15.4. The molecule has 0 saturated heterocycles. The predicted octanol–water partition coefficient (Wildman–Crippen LogP) is 4.98. The highest BCUT2D eigenvalue weighted by Gasteiger charge is 2.18. The molecule has 3 aromatic heterocycles. The number of nitrogens with two attached hydrogens (primary N) is 1. The number of nitrogen functional groups attached to an aromatic ring is 1. The number of nitrogens with zero attached hydrogens (tertiary/aromatic N) is 3. The molecule has 0 aliphatic heterocycles. The molecule has 0 aliphatic carbocycles. The van der Waals surface area contributed by atoms with Crippen LogP contribution < -0.4 is 10.5 Å². The lowest BCUT2D eigenvalue weighted by Gasteiger charge is -2.11. The van der Waals surface area contributed by atoms with Gasteiger partial charge in [0.1, 0.15) is 15.6 Å². The van der Waals surface area contributed by atoms with Crippen molar-refractivity contribution in [2.45, 2.75) is 49.8 Å². The lowest BCUT2D eigenvalue weighted by atomic mass is 10.2. The Bertz CT molecular complexity index is 1350. The van der Waals surface area contributed by atoms with Gasteiger partial charge in [-0.3, -0.25) is 0 Å². The first-order valence-electron chi connectivity index (χ1n) is 10.7. The molecule has 0 saturated carbocycles. The minimum absolute atomic E-state index is 0.236. The number of imidazole rings is 1. The Morgan fingerprint density at radius 3 is 2.69 bits per heavy atom. The maximum absolute atomic E-state index is 12.4. The van der Waals surface area contributed by atoms with Crippen molar-refractivity contribution in [2.24, 2.45) is 0 Å². The lowest BCUT2D eigenvalue weighted by Crippen LogP contribution is -2.24. The van der Waals surface area contributed by atoms with Crippen molar-refractivity contribution in [1.29, 1.82) is 0 Å². The number of unbranched alkanes of at least 4 members (excludes halogenated alkanes) is 2. The van der Waals surface area contributed by atoms with Gasteiger partial charge in [0.2, 0.25) is 10.0 Å². The summed E-state index contributed by atoms with van der Waals surface area (Å²) in [6.45, 7) is 3.25. The van der Waals surface area contributed by atoms with Gasteiger partial charge in [-0.05, 0) is 37.5 Å². The number of hydrogen-bond acceptors (Lipinski definition) is 6. The van der Waals surface area contributed by atoms with E-state index < -0.39 is 10.0 Å². The van der Waals surface area contributed by atoms with Crippen LogP contribution in [0.1, 0.15) is 38.4 Å². The van der Waals surface area contributed by atoms with Crippen LogP contribution in [0.5, 0.6) is 0 Å². The van der Waals surface area contributed by atoms with Crippen LogP contribution in [-0.2, 0) is 23.0 Å². The van der Waals surface area contributed by atoms with Crippen molar-refractivity contribution in [1.82, 2.24) is 19.3 Å². The zero-order chi connectivity index (χ0) is 22.7. The first kappa shape index (κ1) is 23.0. The number of aryl methyl sites for hydroxylation is 2. The largest absolute Gasteiger partial charge is 0.382 e. The molecule has 0 bridgehead atoms. The fourth-order valence-corrected chi connectivity index (χ4v) is 6.39. The average Bonchev–Trinajstić information content (AvgIpc) is 3.37. The van der Waals surface area contributed by atoms with Crippen LogP contribution in [0.2, 0.25) is 4.34 Å². The number of para-hydroxylation sites is 1. The van der Waals surface area contributed by atoms with Crippen molar-refractivity contribution in [3.63, 3.8) is 0 Å². The Morgan fingerprint density at radius 1 is 1.12 bits per heavy atom. The van der Waals surface area contributed by atoms with Crippen LogP contribution >= 0.6 is 22.9 Å². The first-order valence-corrected chi connectivity index (χ1v) is 13.4. The molecule has 10 heteroatoms. The maximum Gasteiger partial charge on any atom is 0.250 e. The molecule has 4 aromatic rings. The minimum atomic E-state index is -3.52. The number of anilines is 1. The van der Waals surface area contributed by atoms with Gasteiger partial charge in [-0.15, -0.1) is 11.3 Å². The molecule has 3 heterocycles. The number of thiophene rings is 1. The van der Waals surface area contributed by atoms with E-state index in [0.717, 1.165) is 71.3 Å². The monoisotopic (exact) mass is 491 g/mol. The standard InChI is InChI=1S/C22H26ClN5O2S2/c1-2-3-10-18-27-20-21(15-8-4-5-9-16(15)26-22(20)24)28(18)14-7-6-13-25-32(29,30)19-12-11-17(23)31-19/h4-5,8-9,11-12,25H,2-3,6-7,10,13-14H2,1H3,(H2,24,26). The van der Waals surface area contributed by atoms with Crippen molar-refractivity contribution in [3.05, 3.63) is 46.6 Å². The molecular weight excluding hydrogens is 466 g/mol. The summed E-state index contributed by atoms with van der Waals surface area (Å²) >= 11 is 6.92. The van der Waals surface area contributed by atoms with E-state index in [4.69, 9.17) is 22.3 Å². The quantitative estimate of drug-likeness (QED) is 0.304. The Morgan fingerprint density at radius 2 is 1.94 bits per heavy atom. The molecule has 0 atom stereocenters. The molecule has 3 N–H and O–H groups in total. The number of fused-ring (bicyclic) bond motifs is 3. The predicted molar refractivity (Wildman–Crippen MR) is 132 cm³/mol. The summed E-state index contributed by atoms with van der Waals surface area (Å²) in [7, 11) is -3.52. The summed E-state index contributed by atoms with van der Waals surface area (Å²) in [6, 6.07) is 11.1. The normalized spacial score (nSPS) is 12.2. The number of aromatic nitrogens is 3. The fourth-order valence-electron chi connectivity index (χ4n) is 3.79. The topological polar surface area (TPSA) is 103 Å². The van der Waals surface area contributed by atoms with Crippen molar-refractivity contribution < 1.29 is 8.42 Å². The van der Waals surface area contributed by atoms with Gasteiger partial charge >= 0.3 is 0 Å². The average molecular weight is 492 g/mol. The van der Waals surface area contributed by atoms with Gasteiger partial charge < -0.3 is 10.3 Å². The third-order valence-corrected chi connectivity index (χ3v) is 8.54. The maximum atomic E-state index is 12.4. The third-order valence-electron chi connectivity index (χ3n) is 5.36. The molecule has 0 unspecified atom stereocenters. The SMILES string of the molecule is CCCCc1nc2c(N)nc3ccccc3c2n1CCCCNS(=O)(=O)c1ccc(Cl)s1.